The Hall–Kier alpha value is -2.74. The zero-order valence-electron chi connectivity index (χ0n) is 17.1. The van der Waals surface area contributed by atoms with E-state index in [9.17, 15) is 18.0 Å². The highest BCUT2D eigenvalue weighted by atomic mass is 19.4. The van der Waals surface area contributed by atoms with Crippen LogP contribution in [0.4, 0.5) is 18.9 Å². The lowest BCUT2D eigenvalue weighted by molar-refractivity contribution is -0.275. The molecule has 5 nitrogen and oxygen atoms in total. The zero-order valence-corrected chi connectivity index (χ0v) is 17.1. The highest BCUT2D eigenvalue weighted by Gasteiger charge is 2.33. The van der Waals surface area contributed by atoms with Gasteiger partial charge in [-0.05, 0) is 32.2 Å². The summed E-state index contributed by atoms with van der Waals surface area (Å²) in [5.41, 5.74) is 1.52. The van der Waals surface area contributed by atoms with E-state index in [2.05, 4.69) is 9.64 Å². The molecule has 2 aromatic rings. The van der Waals surface area contributed by atoms with Gasteiger partial charge in [-0.1, -0.05) is 36.4 Å². The Morgan fingerprint density at radius 3 is 2.27 bits per heavy atom. The summed E-state index contributed by atoms with van der Waals surface area (Å²) in [4.78, 5) is 18.7. The minimum atomic E-state index is -4.76. The first-order valence-electron chi connectivity index (χ1n) is 9.87. The first-order valence-corrected chi connectivity index (χ1v) is 9.87. The molecule has 8 heteroatoms. The third-order valence-electron chi connectivity index (χ3n) is 5.35. The summed E-state index contributed by atoms with van der Waals surface area (Å²) < 4.78 is 42.0. The summed E-state index contributed by atoms with van der Waals surface area (Å²) in [6, 6.07) is 15.6. The Balaban J connectivity index is 1.58. The van der Waals surface area contributed by atoms with E-state index in [1.165, 1.54) is 12.1 Å². The Labute approximate surface area is 174 Å². The first kappa shape index (κ1) is 22.0. The number of halogens is 3. The fourth-order valence-corrected chi connectivity index (χ4v) is 3.54. The minimum absolute atomic E-state index is 0.0283. The number of amides is 1. The molecular weight excluding hydrogens is 395 g/mol. The molecule has 0 saturated carbocycles. The first-order chi connectivity index (χ1) is 14.2. The number of para-hydroxylation sites is 2. The average molecular weight is 421 g/mol. The van der Waals surface area contributed by atoms with Crippen molar-refractivity contribution in [3.63, 3.8) is 0 Å². The highest BCUT2D eigenvalue weighted by Crippen LogP contribution is 2.27. The molecule has 1 unspecified atom stereocenters. The van der Waals surface area contributed by atoms with Crippen LogP contribution >= 0.6 is 0 Å². The van der Waals surface area contributed by atoms with Crippen LogP contribution in [-0.4, -0.2) is 61.3 Å². The topological polar surface area (TPSA) is 36.0 Å². The van der Waals surface area contributed by atoms with Crippen LogP contribution in [0.15, 0.2) is 54.6 Å². The second-order valence-corrected chi connectivity index (χ2v) is 7.39. The number of likely N-dealkylation sites (N-methyl/N-ethyl adjacent to an activating group) is 1. The number of carbonyl (C=O) groups is 1. The second kappa shape index (κ2) is 9.38. The summed E-state index contributed by atoms with van der Waals surface area (Å²) in [6.45, 7) is 4.66. The van der Waals surface area contributed by atoms with Gasteiger partial charge in [0.15, 0.2) is 0 Å². The van der Waals surface area contributed by atoms with E-state index < -0.39 is 12.4 Å². The van der Waals surface area contributed by atoms with Crippen molar-refractivity contribution in [2.45, 2.75) is 25.9 Å². The number of hydrogen-bond acceptors (Lipinski definition) is 4. The molecule has 1 heterocycles. The third kappa shape index (κ3) is 5.66. The number of carbonyl (C=O) groups excluding carboxylic acids is 1. The molecule has 162 valence electrons. The van der Waals surface area contributed by atoms with Crippen LogP contribution in [0.25, 0.3) is 0 Å². The van der Waals surface area contributed by atoms with Crippen molar-refractivity contribution >= 4 is 11.6 Å². The summed E-state index contributed by atoms with van der Waals surface area (Å²) in [5, 5.41) is 0. The number of anilines is 1. The highest BCUT2D eigenvalue weighted by molar-refractivity contribution is 5.81. The van der Waals surface area contributed by atoms with Crippen molar-refractivity contribution in [1.82, 2.24) is 9.80 Å². The number of hydrogen-bond donors (Lipinski definition) is 0. The lowest BCUT2D eigenvalue weighted by Crippen LogP contribution is -2.53. The molecule has 30 heavy (non-hydrogen) atoms. The number of rotatable bonds is 6. The molecule has 0 radical (unpaired) electrons. The van der Waals surface area contributed by atoms with Crippen molar-refractivity contribution in [2.24, 2.45) is 0 Å². The van der Waals surface area contributed by atoms with Crippen molar-refractivity contribution in [3.05, 3.63) is 60.2 Å². The van der Waals surface area contributed by atoms with Gasteiger partial charge in [0.1, 0.15) is 5.75 Å². The van der Waals surface area contributed by atoms with E-state index in [-0.39, 0.29) is 18.2 Å². The van der Waals surface area contributed by atoms with E-state index in [0.717, 1.165) is 18.8 Å². The molecule has 1 amide bonds. The monoisotopic (exact) mass is 421 g/mol. The molecule has 0 N–H and O–H groups in total. The predicted molar refractivity (Wildman–Crippen MR) is 109 cm³/mol. The maximum absolute atomic E-state index is 12.9. The molecular formula is C22H26F3N3O2. The molecule has 3 rings (SSSR count). The van der Waals surface area contributed by atoms with E-state index in [1.807, 2.05) is 35.2 Å². The number of ether oxygens (including phenoxy) is 1. The summed E-state index contributed by atoms with van der Waals surface area (Å²) in [7, 11) is 1.73. The van der Waals surface area contributed by atoms with Crippen LogP contribution in [0.2, 0.25) is 0 Å². The number of piperazine rings is 1. The number of nitrogens with zero attached hydrogens (tertiary/aromatic N) is 3. The van der Waals surface area contributed by atoms with Crippen LogP contribution in [-0.2, 0) is 11.3 Å². The van der Waals surface area contributed by atoms with Crippen molar-refractivity contribution in [2.75, 3.05) is 38.1 Å². The lowest BCUT2D eigenvalue weighted by atomic mass is 10.1. The Kier molecular flexibility index (Phi) is 6.87. The van der Waals surface area contributed by atoms with Gasteiger partial charge in [-0.3, -0.25) is 9.69 Å². The van der Waals surface area contributed by atoms with Crippen LogP contribution in [0.1, 0.15) is 12.5 Å². The Morgan fingerprint density at radius 1 is 1.03 bits per heavy atom. The van der Waals surface area contributed by atoms with Crippen LogP contribution < -0.4 is 9.64 Å². The summed E-state index contributed by atoms with van der Waals surface area (Å²) >= 11 is 0. The average Bonchev–Trinajstić information content (AvgIpc) is 2.74. The van der Waals surface area contributed by atoms with Crippen molar-refractivity contribution in [1.29, 1.82) is 0 Å². The Morgan fingerprint density at radius 2 is 1.63 bits per heavy atom. The van der Waals surface area contributed by atoms with Gasteiger partial charge in [-0.2, -0.15) is 0 Å². The van der Waals surface area contributed by atoms with E-state index >= 15 is 0 Å². The molecule has 1 saturated heterocycles. The Bertz CT molecular complexity index is 837. The van der Waals surface area contributed by atoms with E-state index in [0.29, 0.717) is 18.7 Å². The fraction of sp³-hybridized carbons (Fsp3) is 0.409. The van der Waals surface area contributed by atoms with E-state index in [4.69, 9.17) is 0 Å². The van der Waals surface area contributed by atoms with Crippen molar-refractivity contribution < 1.29 is 22.7 Å². The maximum atomic E-state index is 12.9. The molecule has 0 spiro atoms. The van der Waals surface area contributed by atoms with Gasteiger partial charge < -0.3 is 14.5 Å². The summed E-state index contributed by atoms with van der Waals surface area (Å²) in [6.07, 6.45) is -4.76. The molecule has 0 aliphatic carbocycles. The van der Waals surface area contributed by atoms with Gasteiger partial charge in [-0.15, -0.1) is 13.2 Å². The number of alkyl halides is 3. The largest absolute Gasteiger partial charge is 0.573 e. The van der Waals surface area contributed by atoms with Crippen LogP contribution in [0, 0.1) is 0 Å². The zero-order chi connectivity index (χ0) is 21.7. The molecule has 1 aliphatic rings. The molecule has 2 aromatic carbocycles. The van der Waals surface area contributed by atoms with Crippen LogP contribution in [0.3, 0.4) is 0 Å². The lowest BCUT2D eigenvalue weighted by Gasteiger charge is -2.38. The maximum Gasteiger partial charge on any atom is 0.573 e. The van der Waals surface area contributed by atoms with Gasteiger partial charge >= 0.3 is 6.36 Å². The van der Waals surface area contributed by atoms with Gasteiger partial charge in [0.05, 0.1) is 6.04 Å². The van der Waals surface area contributed by atoms with Gasteiger partial charge in [0.25, 0.3) is 0 Å². The second-order valence-electron chi connectivity index (χ2n) is 7.39. The molecule has 1 aliphatic heterocycles. The van der Waals surface area contributed by atoms with Gasteiger partial charge in [-0.25, -0.2) is 0 Å². The standard InChI is InChI=1S/C22H26F3N3O2/c1-17(26(2)16-18-8-6-7-11-20(18)30-22(23,24)25)21(29)28-14-12-27(13-15-28)19-9-4-3-5-10-19/h3-11,17H,12-16H2,1-2H3. The van der Waals surface area contributed by atoms with Crippen molar-refractivity contribution in [3.8, 4) is 5.75 Å². The molecule has 1 atom stereocenters. The third-order valence-corrected chi connectivity index (χ3v) is 5.35. The molecule has 1 fully saturated rings. The van der Waals surface area contributed by atoms with Gasteiger partial charge in [0, 0.05) is 44.0 Å². The van der Waals surface area contributed by atoms with E-state index in [1.54, 1.807) is 31.0 Å². The van der Waals surface area contributed by atoms with Gasteiger partial charge in [0.2, 0.25) is 5.91 Å². The van der Waals surface area contributed by atoms with Crippen LogP contribution in [0.5, 0.6) is 5.75 Å². The quantitative estimate of drug-likeness (QED) is 0.712. The predicted octanol–water partition coefficient (Wildman–Crippen LogP) is 3.75. The number of benzene rings is 2. The normalized spacial score (nSPS) is 15.9. The smallest absolute Gasteiger partial charge is 0.405 e. The summed E-state index contributed by atoms with van der Waals surface area (Å²) in [5.74, 6) is -0.271. The fourth-order valence-electron chi connectivity index (χ4n) is 3.54. The SMILES string of the molecule is CC(C(=O)N1CCN(c2ccccc2)CC1)N(C)Cc1ccccc1OC(F)(F)F. The molecule has 0 bridgehead atoms. The molecule has 0 aromatic heterocycles. The minimum Gasteiger partial charge on any atom is -0.405 e.